The Morgan fingerprint density at radius 1 is 1.19 bits per heavy atom. The molecule has 2 aromatic carbocycles. The summed E-state index contributed by atoms with van der Waals surface area (Å²) in [5, 5.41) is 4.78. The van der Waals surface area contributed by atoms with Crippen LogP contribution in [-0.4, -0.2) is 19.6 Å². The number of nitrogens with one attached hydrogen (secondary N) is 1. The number of benzene rings is 2. The van der Waals surface area contributed by atoms with E-state index in [0.29, 0.717) is 5.75 Å². The lowest BCUT2D eigenvalue weighted by molar-refractivity contribution is -0.122. The molecule has 0 spiro atoms. The topological polar surface area (TPSA) is 38.3 Å². The second-order valence-electron chi connectivity index (χ2n) is 3.47. The Kier molecular flexibility index (Phi) is 3.05. The predicted molar refractivity (Wildman–Crippen MR) is 63.5 cm³/mol. The van der Waals surface area contributed by atoms with Gasteiger partial charge in [0.15, 0.2) is 6.61 Å². The molecule has 0 saturated carbocycles. The van der Waals surface area contributed by atoms with Gasteiger partial charge in [0.2, 0.25) is 0 Å². The van der Waals surface area contributed by atoms with Gasteiger partial charge in [0.1, 0.15) is 5.75 Å². The van der Waals surface area contributed by atoms with Gasteiger partial charge in [-0.3, -0.25) is 4.79 Å². The molecule has 3 heteroatoms. The molecule has 0 aliphatic rings. The number of hydrogen-bond donors (Lipinski definition) is 1. The fraction of sp³-hybridized carbons (Fsp3) is 0.154. The summed E-state index contributed by atoms with van der Waals surface area (Å²) in [5.74, 6) is 0.579. The molecule has 0 fully saturated rings. The number of fused-ring (bicyclic) bond motifs is 1. The molecular weight excluding hydrogens is 202 g/mol. The van der Waals surface area contributed by atoms with E-state index < -0.39 is 0 Å². The van der Waals surface area contributed by atoms with E-state index in [-0.39, 0.29) is 12.5 Å². The van der Waals surface area contributed by atoms with Gasteiger partial charge in [-0.1, -0.05) is 30.3 Å². The Morgan fingerprint density at radius 3 is 2.69 bits per heavy atom. The fourth-order valence-electron chi connectivity index (χ4n) is 1.48. The number of carbonyl (C=O) groups excluding carboxylic acids is 1. The van der Waals surface area contributed by atoms with Crippen molar-refractivity contribution in [3.8, 4) is 5.75 Å². The van der Waals surface area contributed by atoms with Gasteiger partial charge >= 0.3 is 0 Å². The lowest BCUT2D eigenvalue weighted by atomic mass is 10.1. The van der Waals surface area contributed by atoms with Crippen molar-refractivity contribution >= 4 is 16.7 Å². The van der Waals surface area contributed by atoms with E-state index >= 15 is 0 Å². The molecule has 0 aliphatic carbocycles. The van der Waals surface area contributed by atoms with Gasteiger partial charge in [0, 0.05) is 7.05 Å². The van der Waals surface area contributed by atoms with Crippen LogP contribution in [0.2, 0.25) is 0 Å². The lowest BCUT2D eigenvalue weighted by Crippen LogP contribution is -2.24. The summed E-state index contributed by atoms with van der Waals surface area (Å²) in [4.78, 5) is 11.0. The van der Waals surface area contributed by atoms with Crippen molar-refractivity contribution in [2.24, 2.45) is 0 Å². The second-order valence-corrected chi connectivity index (χ2v) is 3.47. The summed E-state index contributed by atoms with van der Waals surface area (Å²) in [6.07, 6.45) is 0. The molecule has 82 valence electrons. The minimum absolute atomic E-state index is 0.0504. The Bertz CT molecular complexity index is 508. The molecule has 2 rings (SSSR count). The van der Waals surface area contributed by atoms with Crippen molar-refractivity contribution in [2.45, 2.75) is 0 Å². The second kappa shape index (κ2) is 4.66. The molecule has 0 aliphatic heterocycles. The first-order valence-electron chi connectivity index (χ1n) is 5.12. The zero-order chi connectivity index (χ0) is 11.4. The van der Waals surface area contributed by atoms with Crippen molar-refractivity contribution in [1.29, 1.82) is 0 Å². The summed E-state index contributed by atoms with van der Waals surface area (Å²) in [6.45, 7) is 0.0504. The SMILES string of the molecule is CNC(=O)COc1ccc2ccccc2c1. The molecule has 0 radical (unpaired) electrons. The zero-order valence-corrected chi connectivity index (χ0v) is 9.07. The van der Waals surface area contributed by atoms with E-state index in [2.05, 4.69) is 5.32 Å². The molecular formula is C13H13NO2. The highest BCUT2D eigenvalue weighted by Crippen LogP contribution is 2.20. The third kappa shape index (κ3) is 2.31. The Balaban J connectivity index is 2.16. The summed E-state index contributed by atoms with van der Waals surface area (Å²) in [7, 11) is 1.59. The quantitative estimate of drug-likeness (QED) is 0.850. The minimum atomic E-state index is -0.131. The summed E-state index contributed by atoms with van der Waals surface area (Å²) >= 11 is 0. The van der Waals surface area contributed by atoms with Crippen LogP contribution < -0.4 is 10.1 Å². The molecule has 0 unspecified atom stereocenters. The molecule has 0 saturated heterocycles. The molecule has 0 heterocycles. The maximum absolute atomic E-state index is 11.0. The van der Waals surface area contributed by atoms with Crippen LogP contribution in [0.4, 0.5) is 0 Å². The van der Waals surface area contributed by atoms with Crippen LogP contribution in [0.5, 0.6) is 5.75 Å². The van der Waals surface area contributed by atoms with Crippen LogP contribution in [0.1, 0.15) is 0 Å². The number of carbonyl (C=O) groups is 1. The van der Waals surface area contributed by atoms with Crippen molar-refractivity contribution < 1.29 is 9.53 Å². The van der Waals surface area contributed by atoms with Gasteiger partial charge < -0.3 is 10.1 Å². The smallest absolute Gasteiger partial charge is 0.257 e. The van der Waals surface area contributed by atoms with Crippen LogP contribution in [-0.2, 0) is 4.79 Å². The van der Waals surface area contributed by atoms with Gasteiger partial charge in [-0.15, -0.1) is 0 Å². The maximum Gasteiger partial charge on any atom is 0.257 e. The van der Waals surface area contributed by atoms with E-state index in [1.165, 1.54) is 0 Å². The molecule has 0 aromatic heterocycles. The largest absolute Gasteiger partial charge is 0.484 e. The zero-order valence-electron chi connectivity index (χ0n) is 9.07. The van der Waals surface area contributed by atoms with Crippen LogP contribution in [0.25, 0.3) is 10.8 Å². The van der Waals surface area contributed by atoms with Crippen molar-refractivity contribution in [2.75, 3.05) is 13.7 Å². The van der Waals surface area contributed by atoms with E-state index in [1.54, 1.807) is 7.05 Å². The van der Waals surface area contributed by atoms with E-state index in [0.717, 1.165) is 10.8 Å². The molecule has 3 nitrogen and oxygen atoms in total. The first kappa shape index (κ1) is 10.5. The number of hydrogen-bond acceptors (Lipinski definition) is 2. The highest BCUT2D eigenvalue weighted by Gasteiger charge is 2.00. The molecule has 2 aromatic rings. The Labute approximate surface area is 94.0 Å². The van der Waals surface area contributed by atoms with Crippen LogP contribution in [0.3, 0.4) is 0 Å². The molecule has 1 N–H and O–H groups in total. The van der Waals surface area contributed by atoms with Crippen LogP contribution in [0, 0.1) is 0 Å². The first-order valence-corrected chi connectivity index (χ1v) is 5.12. The van der Waals surface area contributed by atoms with Crippen LogP contribution in [0.15, 0.2) is 42.5 Å². The first-order chi connectivity index (χ1) is 7.79. The molecule has 16 heavy (non-hydrogen) atoms. The van der Waals surface area contributed by atoms with Gasteiger partial charge in [0.05, 0.1) is 0 Å². The molecule has 1 amide bonds. The summed E-state index contributed by atoms with van der Waals surface area (Å²) in [6, 6.07) is 13.8. The van der Waals surface area contributed by atoms with Crippen molar-refractivity contribution in [1.82, 2.24) is 5.32 Å². The third-order valence-electron chi connectivity index (χ3n) is 2.37. The minimum Gasteiger partial charge on any atom is -0.484 e. The average molecular weight is 215 g/mol. The fourth-order valence-corrected chi connectivity index (χ4v) is 1.48. The van der Waals surface area contributed by atoms with E-state index in [9.17, 15) is 4.79 Å². The highest BCUT2D eigenvalue weighted by molar-refractivity contribution is 5.84. The van der Waals surface area contributed by atoms with Crippen molar-refractivity contribution in [3.05, 3.63) is 42.5 Å². The molecule has 0 bridgehead atoms. The van der Waals surface area contributed by atoms with E-state index in [4.69, 9.17) is 4.74 Å². The van der Waals surface area contributed by atoms with Crippen molar-refractivity contribution in [3.63, 3.8) is 0 Å². The van der Waals surface area contributed by atoms with Gasteiger partial charge in [-0.2, -0.15) is 0 Å². The Morgan fingerprint density at radius 2 is 1.94 bits per heavy atom. The third-order valence-corrected chi connectivity index (χ3v) is 2.37. The number of likely N-dealkylation sites (N-methyl/N-ethyl adjacent to an activating group) is 1. The summed E-state index contributed by atoms with van der Waals surface area (Å²) in [5.41, 5.74) is 0. The maximum atomic E-state index is 11.0. The Hall–Kier alpha value is -2.03. The summed E-state index contributed by atoms with van der Waals surface area (Å²) < 4.78 is 5.35. The number of rotatable bonds is 3. The van der Waals surface area contributed by atoms with E-state index in [1.807, 2.05) is 42.5 Å². The number of amides is 1. The highest BCUT2D eigenvalue weighted by atomic mass is 16.5. The standard InChI is InChI=1S/C13H13NO2/c1-14-13(15)9-16-12-7-6-10-4-2-3-5-11(10)8-12/h2-8H,9H2,1H3,(H,14,15). The normalized spacial score (nSPS) is 10.1. The monoisotopic (exact) mass is 215 g/mol. The predicted octanol–water partition coefficient (Wildman–Crippen LogP) is 1.96. The number of ether oxygens (including phenoxy) is 1. The molecule has 0 atom stereocenters. The van der Waals surface area contributed by atoms with Gasteiger partial charge in [-0.25, -0.2) is 0 Å². The average Bonchev–Trinajstić information content (AvgIpc) is 2.35. The van der Waals surface area contributed by atoms with Gasteiger partial charge in [0.25, 0.3) is 5.91 Å². The van der Waals surface area contributed by atoms with Gasteiger partial charge in [-0.05, 0) is 22.9 Å². The van der Waals surface area contributed by atoms with Crippen LogP contribution >= 0.6 is 0 Å². The lowest BCUT2D eigenvalue weighted by Gasteiger charge is -2.06.